The van der Waals surface area contributed by atoms with Gasteiger partial charge in [0.25, 0.3) is 0 Å². The highest BCUT2D eigenvalue weighted by Gasteiger charge is 2.37. The summed E-state index contributed by atoms with van der Waals surface area (Å²) in [5, 5.41) is 0. The summed E-state index contributed by atoms with van der Waals surface area (Å²) in [4.78, 5) is 0. The molecular formula is C15H19O3P. The van der Waals surface area contributed by atoms with Crippen LogP contribution in [0.5, 0.6) is 0 Å². The first-order valence-electron chi connectivity index (χ1n) is 6.29. The summed E-state index contributed by atoms with van der Waals surface area (Å²) in [6, 6.07) is 10.2. The maximum atomic E-state index is 12.6. The molecular weight excluding hydrogens is 259 g/mol. The molecule has 2 unspecified atom stereocenters. The van der Waals surface area contributed by atoms with E-state index in [4.69, 9.17) is 9.05 Å². The van der Waals surface area contributed by atoms with Gasteiger partial charge < -0.3 is 9.05 Å². The summed E-state index contributed by atoms with van der Waals surface area (Å²) < 4.78 is 22.9. The molecule has 102 valence electrons. The van der Waals surface area contributed by atoms with Gasteiger partial charge in [-0.25, -0.2) is 0 Å². The van der Waals surface area contributed by atoms with Gasteiger partial charge in [-0.2, -0.15) is 0 Å². The quantitative estimate of drug-likeness (QED) is 0.768. The third-order valence-corrected chi connectivity index (χ3v) is 5.71. The van der Waals surface area contributed by atoms with Crippen molar-refractivity contribution in [1.82, 2.24) is 0 Å². The molecule has 0 amide bonds. The van der Waals surface area contributed by atoms with Gasteiger partial charge in [0, 0.05) is 14.2 Å². The van der Waals surface area contributed by atoms with Crippen molar-refractivity contribution in [2.75, 3.05) is 14.2 Å². The Balaban J connectivity index is 2.21. The van der Waals surface area contributed by atoms with Crippen LogP contribution in [-0.4, -0.2) is 19.9 Å². The van der Waals surface area contributed by atoms with Crippen LogP contribution >= 0.6 is 7.60 Å². The molecule has 1 aromatic rings. The number of rotatable bonds is 5. The zero-order valence-corrected chi connectivity index (χ0v) is 12.1. The zero-order valence-electron chi connectivity index (χ0n) is 11.2. The minimum absolute atomic E-state index is 0.123. The van der Waals surface area contributed by atoms with Crippen LogP contribution in [-0.2, 0) is 20.0 Å². The highest BCUT2D eigenvalue weighted by Crippen LogP contribution is 2.56. The van der Waals surface area contributed by atoms with E-state index in [0.717, 1.165) is 6.42 Å². The van der Waals surface area contributed by atoms with Crippen LogP contribution in [0.1, 0.15) is 5.56 Å². The molecule has 0 saturated carbocycles. The lowest BCUT2D eigenvalue weighted by molar-refractivity contribution is 0.264. The lowest BCUT2D eigenvalue weighted by Gasteiger charge is -2.29. The molecule has 1 aromatic carbocycles. The molecule has 2 rings (SSSR count). The summed E-state index contributed by atoms with van der Waals surface area (Å²) >= 11 is 0. The summed E-state index contributed by atoms with van der Waals surface area (Å²) in [5.41, 5.74) is 0.990. The Bertz CT molecular complexity index is 499. The number of hydrogen-bond acceptors (Lipinski definition) is 3. The topological polar surface area (TPSA) is 35.5 Å². The van der Waals surface area contributed by atoms with Crippen LogP contribution < -0.4 is 0 Å². The van der Waals surface area contributed by atoms with Crippen LogP contribution in [0.2, 0.25) is 0 Å². The standard InChI is InChI=1S/C15H19O3P/c1-17-19(16,18-2)15-11-7-6-10-14(15)12-13-8-4-3-5-9-13/h3-11,14-15H,12H2,1-2H3. The van der Waals surface area contributed by atoms with Gasteiger partial charge in [-0.1, -0.05) is 54.6 Å². The van der Waals surface area contributed by atoms with Crippen molar-refractivity contribution in [1.29, 1.82) is 0 Å². The van der Waals surface area contributed by atoms with Crippen molar-refractivity contribution in [2.45, 2.75) is 12.1 Å². The maximum absolute atomic E-state index is 12.6. The predicted octanol–water partition coefficient (Wildman–Crippen LogP) is 3.83. The Morgan fingerprint density at radius 3 is 2.32 bits per heavy atom. The monoisotopic (exact) mass is 278 g/mol. The fraction of sp³-hybridized carbons (Fsp3) is 0.333. The largest absolute Gasteiger partial charge is 0.337 e. The van der Waals surface area contributed by atoms with Gasteiger partial charge >= 0.3 is 7.60 Å². The molecule has 0 spiro atoms. The molecule has 3 nitrogen and oxygen atoms in total. The van der Waals surface area contributed by atoms with Gasteiger partial charge in [0.05, 0.1) is 5.66 Å². The zero-order chi connectivity index (χ0) is 13.7. The lowest BCUT2D eigenvalue weighted by atomic mass is 9.93. The van der Waals surface area contributed by atoms with Gasteiger partial charge in [0.15, 0.2) is 0 Å². The summed E-state index contributed by atoms with van der Waals surface area (Å²) in [6.45, 7) is 0. The van der Waals surface area contributed by atoms with Crippen molar-refractivity contribution in [2.24, 2.45) is 5.92 Å². The fourth-order valence-corrected chi connectivity index (χ4v) is 3.99. The predicted molar refractivity (Wildman–Crippen MR) is 77.3 cm³/mol. The van der Waals surface area contributed by atoms with E-state index in [9.17, 15) is 4.57 Å². The highest BCUT2D eigenvalue weighted by atomic mass is 31.2. The van der Waals surface area contributed by atoms with Gasteiger partial charge in [-0.3, -0.25) is 4.57 Å². The normalized spacial score (nSPS) is 22.6. The molecule has 0 heterocycles. The molecule has 1 aliphatic carbocycles. The second-order valence-corrected chi connectivity index (χ2v) is 6.93. The average Bonchev–Trinajstić information content (AvgIpc) is 2.48. The number of allylic oxidation sites excluding steroid dienone is 4. The molecule has 0 aromatic heterocycles. The Kier molecular flexibility index (Phi) is 4.76. The SMILES string of the molecule is COP(=O)(OC)C1C=CC=CC1Cc1ccccc1. The fourth-order valence-electron chi connectivity index (χ4n) is 2.37. The van der Waals surface area contributed by atoms with Crippen molar-refractivity contribution < 1.29 is 13.6 Å². The van der Waals surface area contributed by atoms with E-state index in [1.54, 1.807) is 0 Å². The van der Waals surface area contributed by atoms with E-state index >= 15 is 0 Å². The molecule has 0 bridgehead atoms. The third-order valence-electron chi connectivity index (χ3n) is 3.40. The Morgan fingerprint density at radius 1 is 1.05 bits per heavy atom. The van der Waals surface area contributed by atoms with Gasteiger partial charge in [0.2, 0.25) is 0 Å². The molecule has 2 atom stereocenters. The summed E-state index contributed by atoms with van der Waals surface area (Å²) in [6.07, 6.45) is 8.70. The van der Waals surface area contributed by atoms with Gasteiger partial charge in [0.1, 0.15) is 0 Å². The maximum Gasteiger partial charge on any atom is 0.337 e. The summed E-state index contributed by atoms with van der Waals surface area (Å²) in [7, 11) is -0.207. The number of benzene rings is 1. The molecule has 0 aliphatic heterocycles. The first-order chi connectivity index (χ1) is 9.19. The second kappa shape index (κ2) is 6.33. The van der Waals surface area contributed by atoms with Gasteiger partial charge in [-0.15, -0.1) is 0 Å². The smallest absolute Gasteiger partial charge is 0.312 e. The van der Waals surface area contributed by atoms with E-state index < -0.39 is 7.60 Å². The van der Waals surface area contributed by atoms with Crippen molar-refractivity contribution >= 4 is 7.60 Å². The molecule has 0 saturated heterocycles. The van der Waals surface area contributed by atoms with Crippen LogP contribution in [0.3, 0.4) is 0 Å². The highest BCUT2D eigenvalue weighted by molar-refractivity contribution is 7.54. The van der Waals surface area contributed by atoms with Crippen molar-refractivity contribution in [3.63, 3.8) is 0 Å². The van der Waals surface area contributed by atoms with E-state index in [1.807, 2.05) is 36.4 Å². The van der Waals surface area contributed by atoms with Crippen molar-refractivity contribution in [3.05, 3.63) is 60.2 Å². The van der Waals surface area contributed by atoms with Crippen LogP contribution in [0.15, 0.2) is 54.6 Å². The third kappa shape index (κ3) is 3.24. The molecule has 0 radical (unpaired) electrons. The van der Waals surface area contributed by atoms with Crippen molar-refractivity contribution in [3.8, 4) is 0 Å². The Morgan fingerprint density at radius 2 is 1.68 bits per heavy atom. The minimum atomic E-state index is -3.09. The molecule has 4 heteroatoms. The van der Waals surface area contributed by atoms with Crippen LogP contribution in [0.25, 0.3) is 0 Å². The first-order valence-corrected chi connectivity index (χ1v) is 7.91. The second-order valence-electron chi connectivity index (χ2n) is 4.52. The lowest BCUT2D eigenvalue weighted by Crippen LogP contribution is -2.22. The van der Waals surface area contributed by atoms with Crippen LogP contribution in [0.4, 0.5) is 0 Å². The average molecular weight is 278 g/mol. The number of hydrogen-bond donors (Lipinski definition) is 0. The van der Waals surface area contributed by atoms with E-state index in [1.165, 1.54) is 19.8 Å². The van der Waals surface area contributed by atoms with Crippen LogP contribution in [0, 0.1) is 5.92 Å². The molecule has 19 heavy (non-hydrogen) atoms. The molecule has 0 fully saturated rings. The Labute approximate surface area is 114 Å². The van der Waals surface area contributed by atoms with E-state index in [-0.39, 0.29) is 11.6 Å². The summed E-state index contributed by atoms with van der Waals surface area (Å²) in [5.74, 6) is 0.123. The van der Waals surface area contributed by atoms with E-state index in [2.05, 4.69) is 18.2 Å². The molecule has 1 aliphatic rings. The first kappa shape index (κ1) is 14.3. The minimum Gasteiger partial charge on any atom is -0.312 e. The van der Waals surface area contributed by atoms with E-state index in [0.29, 0.717) is 0 Å². The Hall–Kier alpha value is -1.15. The molecule has 0 N–H and O–H groups in total. The van der Waals surface area contributed by atoms with Gasteiger partial charge in [-0.05, 0) is 17.9 Å².